The van der Waals surface area contributed by atoms with Gasteiger partial charge in [0.25, 0.3) is 0 Å². The summed E-state index contributed by atoms with van der Waals surface area (Å²) >= 11 is 0. The molecule has 1 aliphatic rings. The van der Waals surface area contributed by atoms with Crippen LogP contribution in [0, 0.1) is 0 Å². The largest absolute Gasteiger partial charge is 0.493 e. The van der Waals surface area contributed by atoms with E-state index >= 15 is 0 Å². The lowest BCUT2D eigenvalue weighted by molar-refractivity contribution is 0.181. The van der Waals surface area contributed by atoms with Gasteiger partial charge in [-0.3, -0.25) is 0 Å². The molecule has 0 spiro atoms. The molecule has 0 saturated heterocycles. The summed E-state index contributed by atoms with van der Waals surface area (Å²) in [6.07, 6.45) is 0.327. The molecule has 3 heteroatoms. The maximum atomic E-state index is 9.59. The number of nitrogens with two attached hydrogens (primary N) is 1. The van der Waals surface area contributed by atoms with Crippen molar-refractivity contribution in [2.24, 2.45) is 5.73 Å². The maximum Gasteiger partial charge on any atom is 0.128 e. The molecule has 3 N–H and O–H groups in total. The molecule has 70 valence electrons. The minimum absolute atomic E-state index is 0.236. The van der Waals surface area contributed by atoms with Gasteiger partial charge in [0.05, 0.1) is 12.7 Å². The van der Waals surface area contributed by atoms with E-state index in [1.165, 1.54) is 5.56 Å². The second-order valence-corrected chi connectivity index (χ2v) is 3.19. The van der Waals surface area contributed by atoms with Crippen LogP contribution in [0.25, 0.3) is 0 Å². The average Bonchev–Trinajstić information content (AvgIpc) is 2.63. The highest BCUT2D eigenvalue weighted by Gasteiger charge is 2.19. The van der Waals surface area contributed by atoms with Crippen molar-refractivity contribution in [2.75, 3.05) is 13.2 Å². The zero-order valence-electron chi connectivity index (χ0n) is 7.36. The topological polar surface area (TPSA) is 55.5 Å². The predicted molar refractivity (Wildman–Crippen MR) is 49.7 cm³/mol. The lowest BCUT2D eigenvalue weighted by Crippen LogP contribution is -2.12. The Kier molecular flexibility index (Phi) is 2.20. The summed E-state index contributed by atoms with van der Waals surface area (Å²) in [5.41, 5.74) is 7.38. The highest BCUT2D eigenvalue weighted by atomic mass is 16.5. The first kappa shape index (κ1) is 8.53. The Morgan fingerprint density at radius 3 is 3.15 bits per heavy atom. The zero-order valence-corrected chi connectivity index (χ0v) is 7.36. The maximum absolute atomic E-state index is 9.59. The second-order valence-electron chi connectivity index (χ2n) is 3.19. The number of hydrogen-bond donors (Lipinski definition) is 2. The van der Waals surface area contributed by atoms with Crippen molar-refractivity contribution in [3.8, 4) is 5.75 Å². The van der Waals surface area contributed by atoms with Crippen LogP contribution in [0.3, 0.4) is 0 Å². The van der Waals surface area contributed by atoms with Gasteiger partial charge in [-0.05, 0) is 5.56 Å². The van der Waals surface area contributed by atoms with Crippen molar-refractivity contribution in [3.05, 3.63) is 29.3 Å². The molecular weight excluding hydrogens is 166 g/mol. The molecular formula is C10H13NO2. The quantitative estimate of drug-likeness (QED) is 0.699. The van der Waals surface area contributed by atoms with E-state index in [4.69, 9.17) is 10.5 Å². The Hall–Kier alpha value is -1.06. The number of rotatable bonds is 2. The van der Waals surface area contributed by atoms with E-state index in [1.54, 1.807) is 0 Å². The first-order valence-electron chi connectivity index (χ1n) is 4.45. The molecule has 0 aliphatic carbocycles. The van der Waals surface area contributed by atoms with Gasteiger partial charge in [0, 0.05) is 18.5 Å². The van der Waals surface area contributed by atoms with Gasteiger partial charge in [0.15, 0.2) is 0 Å². The summed E-state index contributed by atoms with van der Waals surface area (Å²) in [6.45, 7) is 0.948. The third kappa shape index (κ3) is 1.41. The number of para-hydroxylation sites is 1. The van der Waals surface area contributed by atoms with Crippen LogP contribution in [0.1, 0.15) is 17.2 Å². The normalized spacial score (nSPS) is 16.5. The summed E-state index contributed by atoms with van der Waals surface area (Å²) in [4.78, 5) is 0. The number of aliphatic hydroxyl groups excluding tert-OH is 1. The second kappa shape index (κ2) is 3.36. The Bertz CT molecular complexity index is 312. The molecule has 1 heterocycles. The molecule has 0 fully saturated rings. The predicted octanol–water partition coefficient (Wildman–Crippen LogP) is 0.614. The molecule has 0 bridgehead atoms. The van der Waals surface area contributed by atoms with Gasteiger partial charge in [-0.25, -0.2) is 0 Å². The van der Waals surface area contributed by atoms with Crippen LogP contribution in [0.2, 0.25) is 0 Å². The van der Waals surface area contributed by atoms with E-state index in [0.717, 1.165) is 17.7 Å². The van der Waals surface area contributed by atoms with E-state index < -0.39 is 6.10 Å². The number of fused-ring (bicyclic) bond motifs is 1. The fraction of sp³-hybridized carbons (Fsp3) is 0.400. The molecule has 1 aromatic rings. The van der Waals surface area contributed by atoms with Gasteiger partial charge >= 0.3 is 0 Å². The summed E-state index contributed by atoms with van der Waals surface area (Å²) in [7, 11) is 0. The van der Waals surface area contributed by atoms with Crippen molar-refractivity contribution in [2.45, 2.75) is 12.5 Å². The average molecular weight is 179 g/mol. The van der Waals surface area contributed by atoms with Crippen LogP contribution in [0.4, 0.5) is 0 Å². The van der Waals surface area contributed by atoms with Gasteiger partial charge in [-0.15, -0.1) is 0 Å². The van der Waals surface area contributed by atoms with Gasteiger partial charge in [0.2, 0.25) is 0 Å². The molecule has 3 nitrogen and oxygen atoms in total. The molecule has 2 rings (SSSR count). The van der Waals surface area contributed by atoms with E-state index in [-0.39, 0.29) is 6.54 Å². The molecule has 1 aromatic carbocycles. The fourth-order valence-electron chi connectivity index (χ4n) is 1.63. The summed E-state index contributed by atoms with van der Waals surface area (Å²) in [5.74, 6) is 0.834. The van der Waals surface area contributed by atoms with Crippen LogP contribution < -0.4 is 10.5 Å². The molecule has 1 atom stereocenters. The van der Waals surface area contributed by atoms with Crippen molar-refractivity contribution < 1.29 is 9.84 Å². The number of aliphatic hydroxyl groups is 1. The molecule has 1 unspecified atom stereocenters. The van der Waals surface area contributed by atoms with Crippen LogP contribution in [-0.4, -0.2) is 18.3 Å². The summed E-state index contributed by atoms with van der Waals surface area (Å²) < 4.78 is 5.44. The van der Waals surface area contributed by atoms with Gasteiger partial charge < -0.3 is 15.6 Å². The van der Waals surface area contributed by atoms with Crippen LogP contribution in [-0.2, 0) is 6.42 Å². The molecule has 0 amide bonds. The van der Waals surface area contributed by atoms with E-state index in [1.807, 2.05) is 18.2 Å². The molecule has 1 aliphatic heterocycles. The van der Waals surface area contributed by atoms with Crippen LogP contribution in [0.5, 0.6) is 5.75 Å². The molecule has 0 saturated carbocycles. The number of ether oxygens (including phenoxy) is 1. The lowest BCUT2D eigenvalue weighted by Gasteiger charge is -2.11. The number of hydrogen-bond acceptors (Lipinski definition) is 3. The Morgan fingerprint density at radius 2 is 2.38 bits per heavy atom. The minimum Gasteiger partial charge on any atom is -0.493 e. The van der Waals surface area contributed by atoms with Crippen molar-refractivity contribution in [3.63, 3.8) is 0 Å². The van der Waals surface area contributed by atoms with Crippen molar-refractivity contribution >= 4 is 0 Å². The number of benzene rings is 1. The van der Waals surface area contributed by atoms with Crippen molar-refractivity contribution in [1.82, 2.24) is 0 Å². The smallest absolute Gasteiger partial charge is 0.128 e. The Balaban J connectivity index is 2.41. The SMILES string of the molecule is NCC(O)c1cccc2c1OCC2. The Labute approximate surface area is 77.1 Å². The van der Waals surface area contributed by atoms with Crippen LogP contribution in [0.15, 0.2) is 18.2 Å². The van der Waals surface area contributed by atoms with Gasteiger partial charge in [-0.2, -0.15) is 0 Å². The van der Waals surface area contributed by atoms with E-state index in [2.05, 4.69) is 0 Å². The van der Waals surface area contributed by atoms with E-state index in [0.29, 0.717) is 6.61 Å². The zero-order chi connectivity index (χ0) is 9.26. The van der Waals surface area contributed by atoms with Gasteiger partial charge in [-0.1, -0.05) is 18.2 Å². The molecule has 0 radical (unpaired) electrons. The first-order chi connectivity index (χ1) is 6.33. The van der Waals surface area contributed by atoms with Crippen LogP contribution >= 0.6 is 0 Å². The van der Waals surface area contributed by atoms with E-state index in [9.17, 15) is 5.11 Å². The summed E-state index contributed by atoms with van der Waals surface area (Å²) in [6, 6.07) is 5.82. The highest BCUT2D eigenvalue weighted by Crippen LogP contribution is 2.32. The fourth-order valence-corrected chi connectivity index (χ4v) is 1.63. The molecule has 0 aromatic heterocycles. The lowest BCUT2D eigenvalue weighted by atomic mass is 10.0. The van der Waals surface area contributed by atoms with Gasteiger partial charge in [0.1, 0.15) is 5.75 Å². The molecule has 13 heavy (non-hydrogen) atoms. The first-order valence-corrected chi connectivity index (χ1v) is 4.45. The van der Waals surface area contributed by atoms with Crippen molar-refractivity contribution in [1.29, 1.82) is 0 Å². The highest BCUT2D eigenvalue weighted by molar-refractivity contribution is 5.45. The standard InChI is InChI=1S/C10H13NO2/c11-6-9(12)8-3-1-2-7-4-5-13-10(7)8/h1-3,9,12H,4-6,11H2. The third-order valence-electron chi connectivity index (χ3n) is 2.33. The minimum atomic E-state index is -0.604. The third-order valence-corrected chi connectivity index (χ3v) is 2.33. The Morgan fingerprint density at radius 1 is 1.54 bits per heavy atom. The summed E-state index contributed by atoms with van der Waals surface area (Å²) in [5, 5.41) is 9.59. The monoisotopic (exact) mass is 179 g/mol.